The van der Waals surface area contributed by atoms with Gasteiger partial charge in [-0.2, -0.15) is 0 Å². The minimum atomic E-state index is -0.153. The average molecular weight is 156 g/mol. The van der Waals surface area contributed by atoms with Crippen LogP contribution < -0.4 is 0 Å². The predicted octanol–water partition coefficient (Wildman–Crippen LogP) is 0.290. The first-order valence-electron chi connectivity index (χ1n) is 3.80. The van der Waals surface area contributed by atoms with Gasteiger partial charge >= 0.3 is 6.03 Å². The number of hydrogen-bond donors (Lipinski definition) is 0. The highest BCUT2D eigenvalue weighted by atomic mass is 16.2. The monoisotopic (exact) mass is 156 g/mol. The van der Waals surface area contributed by atoms with E-state index in [1.54, 1.807) is 6.92 Å². The van der Waals surface area contributed by atoms with Crippen molar-refractivity contribution in [2.24, 2.45) is 0 Å². The molecule has 0 bridgehead atoms. The van der Waals surface area contributed by atoms with Gasteiger partial charge in [-0.15, -0.1) is 0 Å². The molecule has 4 nitrogen and oxygen atoms in total. The highest BCUT2D eigenvalue weighted by Gasteiger charge is 2.33. The standard InChI is InChI=1S/C7H12N2O2/c1-3-8-5-6(10)9(4-2)7(8)11/h3-5H2,1-2H3. The third-order valence-corrected chi connectivity index (χ3v) is 1.83. The van der Waals surface area contributed by atoms with Crippen molar-refractivity contribution in [1.82, 2.24) is 9.80 Å². The molecule has 0 spiro atoms. The lowest BCUT2D eigenvalue weighted by atomic mass is 10.5. The quantitative estimate of drug-likeness (QED) is 0.539. The third kappa shape index (κ3) is 1.20. The van der Waals surface area contributed by atoms with Crippen LogP contribution in [0.2, 0.25) is 0 Å². The highest BCUT2D eigenvalue weighted by Crippen LogP contribution is 2.08. The van der Waals surface area contributed by atoms with Crippen LogP contribution in [0.1, 0.15) is 13.8 Å². The average Bonchev–Trinajstić information content (AvgIpc) is 2.26. The molecule has 11 heavy (non-hydrogen) atoms. The molecule has 1 heterocycles. The van der Waals surface area contributed by atoms with Gasteiger partial charge in [-0.25, -0.2) is 4.79 Å². The van der Waals surface area contributed by atoms with E-state index in [-0.39, 0.29) is 18.5 Å². The molecule has 0 atom stereocenters. The molecule has 0 N–H and O–H groups in total. The fourth-order valence-corrected chi connectivity index (χ4v) is 1.15. The molecule has 1 saturated heterocycles. The maximum absolute atomic E-state index is 11.2. The van der Waals surface area contributed by atoms with Gasteiger partial charge in [0, 0.05) is 13.1 Å². The molecule has 1 rings (SSSR count). The summed E-state index contributed by atoms with van der Waals surface area (Å²) in [6, 6.07) is -0.153. The smallest absolute Gasteiger partial charge is 0.315 e. The summed E-state index contributed by atoms with van der Waals surface area (Å²) in [5.74, 6) is -0.0839. The van der Waals surface area contributed by atoms with Gasteiger partial charge in [-0.3, -0.25) is 9.69 Å². The van der Waals surface area contributed by atoms with Crippen molar-refractivity contribution in [2.45, 2.75) is 13.8 Å². The summed E-state index contributed by atoms with van der Waals surface area (Å²) in [4.78, 5) is 25.1. The van der Waals surface area contributed by atoms with Gasteiger partial charge in [0.2, 0.25) is 5.91 Å². The molecule has 0 aromatic rings. The Balaban J connectivity index is 2.71. The Labute approximate surface area is 65.8 Å². The number of imide groups is 1. The fourth-order valence-electron chi connectivity index (χ4n) is 1.15. The zero-order chi connectivity index (χ0) is 8.43. The van der Waals surface area contributed by atoms with E-state index >= 15 is 0 Å². The Hall–Kier alpha value is -1.06. The molecule has 1 fully saturated rings. The molecule has 4 heteroatoms. The zero-order valence-electron chi connectivity index (χ0n) is 6.83. The topological polar surface area (TPSA) is 40.6 Å². The van der Waals surface area contributed by atoms with Crippen LogP contribution in [0.4, 0.5) is 4.79 Å². The van der Waals surface area contributed by atoms with E-state index in [2.05, 4.69) is 0 Å². The molecule has 0 unspecified atom stereocenters. The lowest BCUT2D eigenvalue weighted by Crippen LogP contribution is -2.32. The number of likely N-dealkylation sites (N-methyl/N-ethyl adjacent to an activating group) is 2. The van der Waals surface area contributed by atoms with Crippen LogP contribution in [0.15, 0.2) is 0 Å². The van der Waals surface area contributed by atoms with E-state index in [1.807, 2.05) is 6.92 Å². The molecule has 62 valence electrons. The Morgan fingerprint density at radius 3 is 2.18 bits per heavy atom. The maximum Gasteiger partial charge on any atom is 0.327 e. The van der Waals surface area contributed by atoms with Gasteiger partial charge in [-0.05, 0) is 13.8 Å². The minimum Gasteiger partial charge on any atom is -0.315 e. The second-order valence-corrected chi connectivity index (χ2v) is 2.43. The SMILES string of the molecule is CCN1CC(=O)N(CC)C1=O. The number of urea groups is 1. The maximum atomic E-state index is 11.2. The van der Waals surface area contributed by atoms with Gasteiger partial charge in [0.15, 0.2) is 0 Å². The van der Waals surface area contributed by atoms with Gasteiger partial charge < -0.3 is 4.90 Å². The number of hydrogen-bond acceptors (Lipinski definition) is 2. The zero-order valence-corrected chi connectivity index (χ0v) is 6.83. The number of carbonyl (C=O) groups excluding carboxylic acids is 2. The summed E-state index contributed by atoms with van der Waals surface area (Å²) < 4.78 is 0. The number of rotatable bonds is 2. The second-order valence-electron chi connectivity index (χ2n) is 2.43. The van der Waals surface area contributed by atoms with Crippen molar-refractivity contribution in [2.75, 3.05) is 19.6 Å². The summed E-state index contributed by atoms with van der Waals surface area (Å²) in [7, 11) is 0. The lowest BCUT2D eigenvalue weighted by Gasteiger charge is -2.12. The molecule has 0 radical (unpaired) electrons. The molecule has 0 aromatic heterocycles. The first-order valence-corrected chi connectivity index (χ1v) is 3.80. The van der Waals surface area contributed by atoms with Crippen LogP contribution in [0.5, 0.6) is 0 Å². The van der Waals surface area contributed by atoms with Gasteiger partial charge in [0.1, 0.15) is 6.54 Å². The summed E-state index contributed by atoms with van der Waals surface area (Å²) in [6.45, 7) is 5.01. The predicted molar refractivity (Wildman–Crippen MR) is 40.0 cm³/mol. The number of nitrogens with zero attached hydrogens (tertiary/aromatic N) is 2. The van der Waals surface area contributed by atoms with E-state index in [1.165, 1.54) is 9.80 Å². The Morgan fingerprint density at radius 2 is 1.91 bits per heavy atom. The van der Waals surface area contributed by atoms with Crippen LogP contribution in [-0.2, 0) is 4.79 Å². The molecule has 1 aliphatic rings. The molecule has 0 aliphatic carbocycles. The second kappa shape index (κ2) is 2.90. The van der Waals surface area contributed by atoms with E-state index < -0.39 is 0 Å². The Kier molecular flexibility index (Phi) is 2.12. The molecule has 3 amide bonds. The van der Waals surface area contributed by atoms with E-state index in [0.29, 0.717) is 13.1 Å². The van der Waals surface area contributed by atoms with Gasteiger partial charge in [0.05, 0.1) is 0 Å². The molecular weight excluding hydrogens is 144 g/mol. The normalized spacial score (nSPS) is 18.4. The van der Waals surface area contributed by atoms with E-state index in [0.717, 1.165) is 0 Å². The largest absolute Gasteiger partial charge is 0.327 e. The summed E-state index contributed by atoms with van der Waals surface area (Å²) in [6.07, 6.45) is 0. The molecule has 0 aromatic carbocycles. The van der Waals surface area contributed by atoms with Crippen molar-refractivity contribution < 1.29 is 9.59 Å². The lowest BCUT2D eigenvalue weighted by molar-refractivity contribution is -0.125. The van der Waals surface area contributed by atoms with E-state index in [9.17, 15) is 9.59 Å². The summed E-state index contributed by atoms with van der Waals surface area (Å²) in [5, 5.41) is 0. The van der Waals surface area contributed by atoms with E-state index in [4.69, 9.17) is 0 Å². The third-order valence-electron chi connectivity index (χ3n) is 1.83. The van der Waals surface area contributed by atoms with Crippen molar-refractivity contribution in [3.63, 3.8) is 0 Å². The summed E-state index contributed by atoms with van der Waals surface area (Å²) in [5.41, 5.74) is 0. The van der Waals surface area contributed by atoms with Crippen molar-refractivity contribution >= 4 is 11.9 Å². The van der Waals surface area contributed by atoms with Crippen LogP contribution in [-0.4, -0.2) is 41.4 Å². The van der Waals surface area contributed by atoms with Gasteiger partial charge in [-0.1, -0.05) is 0 Å². The van der Waals surface area contributed by atoms with Crippen LogP contribution in [0.3, 0.4) is 0 Å². The van der Waals surface area contributed by atoms with Gasteiger partial charge in [0.25, 0.3) is 0 Å². The first kappa shape index (κ1) is 8.04. The number of amides is 3. The summed E-state index contributed by atoms with van der Waals surface area (Å²) >= 11 is 0. The first-order chi connectivity index (χ1) is 5.20. The van der Waals surface area contributed by atoms with Crippen LogP contribution in [0.25, 0.3) is 0 Å². The van der Waals surface area contributed by atoms with Crippen LogP contribution >= 0.6 is 0 Å². The minimum absolute atomic E-state index is 0.0839. The number of carbonyl (C=O) groups is 2. The molecular formula is C7H12N2O2. The Bertz CT molecular complexity index is 191. The molecule has 1 aliphatic heterocycles. The van der Waals surface area contributed by atoms with Crippen molar-refractivity contribution in [3.8, 4) is 0 Å². The Morgan fingerprint density at radius 1 is 1.27 bits per heavy atom. The van der Waals surface area contributed by atoms with Crippen molar-refractivity contribution in [1.29, 1.82) is 0 Å². The highest BCUT2D eigenvalue weighted by molar-refractivity contribution is 6.01. The van der Waals surface area contributed by atoms with Crippen molar-refractivity contribution in [3.05, 3.63) is 0 Å². The van der Waals surface area contributed by atoms with Crippen LogP contribution in [0, 0.1) is 0 Å². The fraction of sp³-hybridized carbons (Fsp3) is 0.714. The molecule has 0 saturated carbocycles.